The predicted octanol–water partition coefficient (Wildman–Crippen LogP) is 13.6. The maximum absolute atomic E-state index is 6.56. The zero-order valence-electron chi connectivity index (χ0n) is 32.9. The van der Waals surface area contributed by atoms with Gasteiger partial charge < -0.3 is 8.98 Å². The molecule has 0 aliphatic heterocycles. The zero-order valence-corrected chi connectivity index (χ0v) is 32.9. The molecule has 6 heteroatoms. The van der Waals surface area contributed by atoms with Gasteiger partial charge in [-0.1, -0.05) is 135 Å². The summed E-state index contributed by atoms with van der Waals surface area (Å²) in [7, 11) is 0. The number of hydrogen-bond donors (Lipinski definition) is 0. The number of rotatable bonds is 4. The Balaban J connectivity index is 1.06. The molecule has 0 saturated carbocycles. The van der Waals surface area contributed by atoms with Crippen LogP contribution in [-0.4, -0.2) is 24.1 Å². The van der Waals surface area contributed by atoms with Crippen LogP contribution in [0.25, 0.3) is 111 Å². The highest BCUT2D eigenvalue weighted by molar-refractivity contribution is 6.12. The maximum Gasteiger partial charge on any atom is 0.238 e. The Morgan fingerprint density at radius 2 is 1.02 bits per heavy atom. The van der Waals surface area contributed by atoms with Crippen molar-refractivity contribution in [2.24, 2.45) is 0 Å². The van der Waals surface area contributed by atoms with Crippen LogP contribution >= 0.6 is 0 Å². The number of aromatic nitrogens is 5. The Bertz CT molecular complexity index is 3720. The van der Waals surface area contributed by atoms with Crippen molar-refractivity contribution in [2.45, 2.75) is 19.3 Å². The highest BCUT2D eigenvalue weighted by atomic mass is 16.3. The summed E-state index contributed by atoms with van der Waals surface area (Å²) in [6, 6.07) is 62.3. The standard InChI is InChI=1S/C54H35N5O/c1-54(2)43-24-8-3-17-34(43)41-30-42-37-20-6-9-25-45(37)58(48(42)31-44(41)54)33-16-13-15-32(29-33)51-55-52(40-23-14-22-39-38-21-7-12-28-49(38)60-50(39)40)57-53(56-51)59-46-26-10-4-18-35(46)36-19-5-11-27-47(36)59/h3-31H,1-2H3. The first kappa shape index (κ1) is 33.2. The van der Waals surface area contributed by atoms with Gasteiger partial charge in [0.1, 0.15) is 11.2 Å². The number of hydrogen-bond acceptors (Lipinski definition) is 4. The van der Waals surface area contributed by atoms with Gasteiger partial charge in [-0.05, 0) is 76.9 Å². The molecule has 0 amide bonds. The third kappa shape index (κ3) is 4.56. The largest absolute Gasteiger partial charge is 0.455 e. The summed E-state index contributed by atoms with van der Waals surface area (Å²) in [6.45, 7) is 4.69. The van der Waals surface area contributed by atoms with Crippen LogP contribution in [0.5, 0.6) is 0 Å². The summed E-state index contributed by atoms with van der Waals surface area (Å²) in [4.78, 5) is 15.9. The maximum atomic E-state index is 6.56. The summed E-state index contributed by atoms with van der Waals surface area (Å²) < 4.78 is 11.1. The molecule has 0 bridgehead atoms. The van der Waals surface area contributed by atoms with Gasteiger partial charge in [-0.2, -0.15) is 9.97 Å². The van der Waals surface area contributed by atoms with Gasteiger partial charge in [0.05, 0.1) is 27.6 Å². The molecule has 60 heavy (non-hydrogen) atoms. The van der Waals surface area contributed by atoms with E-state index in [1.54, 1.807) is 0 Å². The van der Waals surface area contributed by atoms with Crippen LogP contribution in [0.2, 0.25) is 0 Å². The Morgan fingerprint density at radius 1 is 0.417 bits per heavy atom. The molecular formula is C54H35N5O. The third-order valence-electron chi connectivity index (χ3n) is 12.8. The van der Waals surface area contributed by atoms with Gasteiger partial charge in [-0.25, -0.2) is 4.98 Å². The highest BCUT2D eigenvalue weighted by Gasteiger charge is 2.36. The van der Waals surface area contributed by atoms with Crippen molar-refractivity contribution in [1.82, 2.24) is 24.1 Å². The number of nitrogens with zero attached hydrogens (tertiary/aromatic N) is 5. The summed E-state index contributed by atoms with van der Waals surface area (Å²) in [5, 5.41) is 6.82. The van der Waals surface area contributed by atoms with E-state index in [1.165, 1.54) is 38.5 Å². The van der Waals surface area contributed by atoms with Crippen LogP contribution in [0, 0.1) is 0 Å². The number of para-hydroxylation sites is 5. The van der Waals surface area contributed by atoms with Gasteiger partial charge >= 0.3 is 0 Å². The van der Waals surface area contributed by atoms with Gasteiger partial charge in [0, 0.05) is 49.0 Å². The van der Waals surface area contributed by atoms with Crippen molar-refractivity contribution < 1.29 is 4.42 Å². The predicted molar refractivity (Wildman–Crippen MR) is 244 cm³/mol. The van der Waals surface area contributed by atoms with E-state index in [1.807, 2.05) is 24.3 Å². The second-order valence-electron chi connectivity index (χ2n) is 16.4. The van der Waals surface area contributed by atoms with Crippen LogP contribution in [0.1, 0.15) is 25.0 Å². The molecule has 13 rings (SSSR count). The summed E-state index contributed by atoms with van der Waals surface area (Å²) in [5.41, 5.74) is 13.9. The molecule has 4 heterocycles. The molecule has 0 fully saturated rings. The van der Waals surface area contributed by atoms with Crippen molar-refractivity contribution in [3.63, 3.8) is 0 Å². The van der Waals surface area contributed by atoms with E-state index in [0.717, 1.165) is 66.1 Å². The van der Waals surface area contributed by atoms with E-state index < -0.39 is 0 Å². The Morgan fingerprint density at radius 3 is 1.80 bits per heavy atom. The van der Waals surface area contributed by atoms with E-state index in [4.69, 9.17) is 19.4 Å². The quantitative estimate of drug-likeness (QED) is 0.179. The first-order valence-electron chi connectivity index (χ1n) is 20.4. The molecule has 0 unspecified atom stereocenters. The minimum absolute atomic E-state index is 0.129. The second kappa shape index (κ2) is 12.1. The molecule has 12 aromatic rings. The number of fused-ring (bicyclic) bond motifs is 12. The lowest BCUT2D eigenvalue weighted by molar-refractivity contribution is 0.661. The molecule has 8 aromatic carbocycles. The molecule has 282 valence electrons. The van der Waals surface area contributed by atoms with Crippen molar-refractivity contribution in [2.75, 3.05) is 0 Å². The van der Waals surface area contributed by atoms with Gasteiger partial charge in [-0.3, -0.25) is 4.57 Å². The van der Waals surface area contributed by atoms with Gasteiger partial charge in [-0.15, -0.1) is 0 Å². The third-order valence-corrected chi connectivity index (χ3v) is 12.8. The smallest absolute Gasteiger partial charge is 0.238 e. The molecule has 1 aliphatic rings. The van der Waals surface area contributed by atoms with Crippen molar-refractivity contribution in [3.8, 4) is 45.5 Å². The minimum atomic E-state index is -0.129. The number of benzene rings is 8. The summed E-state index contributed by atoms with van der Waals surface area (Å²) in [6.07, 6.45) is 0. The van der Waals surface area contributed by atoms with Crippen LogP contribution in [0.15, 0.2) is 180 Å². The number of furan rings is 1. The van der Waals surface area contributed by atoms with Gasteiger partial charge in [0.15, 0.2) is 11.6 Å². The molecule has 0 spiro atoms. The van der Waals surface area contributed by atoms with Crippen LogP contribution < -0.4 is 0 Å². The molecule has 6 nitrogen and oxygen atoms in total. The van der Waals surface area contributed by atoms with E-state index in [-0.39, 0.29) is 5.41 Å². The lowest BCUT2D eigenvalue weighted by Crippen LogP contribution is -2.14. The van der Waals surface area contributed by atoms with E-state index in [9.17, 15) is 0 Å². The van der Waals surface area contributed by atoms with Crippen LogP contribution in [0.4, 0.5) is 0 Å². The zero-order chi connectivity index (χ0) is 39.7. The van der Waals surface area contributed by atoms with Crippen LogP contribution in [-0.2, 0) is 5.41 Å². The average Bonchev–Trinajstić information content (AvgIpc) is 4.01. The molecule has 0 radical (unpaired) electrons. The minimum Gasteiger partial charge on any atom is -0.455 e. The fourth-order valence-corrected chi connectivity index (χ4v) is 10.0. The molecular weight excluding hydrogens is 735 g/mol. The van der Waals surface area contributed by atoms with E-state index >= 15 is 0 Å². The topological polar surface area (TPSA) is 61.7 Å². The molecule has 0 atom stereocenters. The van der Waals surface area contributed by atoms with Crippen LogP contribution in [0.3, 0.4) is 0 Å². The lowest BCUT2D eigenvalue weighted by atomic mass is 9.82. The van der Waals surface area contributed by atoms with E-state index in [0.29, 0.717) is 17.6 Å². The highest BCUT2D eigenvalue weighted by Crippen LogP contribution is 2.51. The Labute approximate surface area is 344 Å². The molecule has 4 aromatic heterocycles. The normalized spacial score (nSPS) is 13.3. The summed E-state index contributed by atoms with van der Waals surface area (Å²) in [5.74, 6) is 1.66. The Kier molecular flexibility index (Phi) is 6.69. The SMILES string of the molecule is CC1(C)c2ccccc2-c2cc3c4ccccc4n(-c4cccc(-c5nc(-c6cccc7c6oc6ccccc67)nc(-n6c7ccccc7c7ccccc76)n5)c4)c3cc21. The van der Waals surface area contributed by atoms with Crippen molar-refractivity contribution >= 4 is 65.6 Å². The first-order chi connectivity index (χ1) is 29.5. The second-order valence-corrected chi connectivity index (χ2v) is 16.4. The molecule has 1 aliphatic carbocycles. The monoisotopic (exact) mass is 769 g/mol. The van der Waals surface area contributed by atoms with Crippen molar-refractivity contribution in [3.05, 3.63) is 187 Å². The fourth-order valence-electron chi connectivity index (χ4n) is 10.0. The first-order valence-corrected chi connectivity index (χ1v) is 20.4. The lowest BCUT2D eigenvalue weighted by Gasteiger charge is -2.21. The molecule has 0 saturated heterocycles. The van der Waals surface area contributed by atoms with Gasteiger partial charge in [0.2, 0.25) is 5.95 Å². The fraction of sp³-hybridized carbons (Fsp3) is 0.0556. The molecule has 0 N–H and O–H groups in total. The van der Waals surface area contributed by atoms with Crippen molar-refractivity contribution in [1.29, 1.82) is 0 Å². The van der Waals surface area contributed by atoms with E-state index in [2.05, 4.69) is 175 Å². The summed E-state index contributed by atoms with van der Waals surface area (Å²) >= 11 is 0. The average molecular weight is 770 g/mol. The Hall–Kier alpha value is -7.83. The van der Waals surface area contributed by atoms with Gasteiger partial charge in [0.25, 0.3) is 0 Å².